The molecule has 1 saturated heterocycles. The van der Waals surface area contributed by atoms with Crippen molar-refractivity contribution in [3.63, 3.8) is 0 Å². The van der Waals surface area contributed by atoms with Gasteiger partial charge in [-0.1, -0.05) is 28.1 Å². The maximum absolute atomic E-state index is 12.2. The van der Waals surface area contributed by atoms with Gasteiger partial charge in [-0.15, -0.1) is 0 Å². The first-order valence-electron chi connectivity index (χ1n) is 6.99. The van der Waals surface area contributed by atoms with Crippen molar-refractivity contribution in [1.82, 2.24) is 4.90 Å². The molecule has 0 bridgehead atoms. The van der Waals surface area contributed by atoms with E-state index < -0.39 is 5.54 Å². The number of hydrogen-bond donors (Lipinski definition) is 0. The number of hydrogen-bond acceptors (Lipinski definition) is 2. The summed E-state index contributed by atoms with van der Waals surface area (Å²) in [6.45, 7) is 4.26. The molecule has 2 rings (SSSR count). The maximum atomic E-state index is 12.2. The molecule has 4 heteroatoms. The van der Waals surface area contributed by atoms with Gasteiger partial charge in [0.15, 0.2) is 5.78 Å². The zero-order valence-corrected chi connectivity index (χ0v) is 13.6. The van der Waals surface area contributed by atoms with E-state index in [1.165, 1.54) is 5.56 Å². The molecule has 0 N–H and O–H groups in total. The lowest BCUT2D eigenvalue weighted by Crippen LogP contribution is -2.46. The van der Waals surface area contributed by atoms with Crippen molar-refractivity contribution < 1.29 is 9.59 Å². The Labute approximate surface area is 128 Å². The average Bonchev–Trinajstić information content (AvgIpc) is 2.66. The third-order valence-electron chi connectivity index (χ3n) is 3.99. The lowest BCUT2D eigenvalue weighted by molar-refractivity contribution is -0.138. The van der Waals surface area contributed by atoms with Gasteiger partial charge in [0.25, 0.3) is 0 Å². The molecular weight excluding hydrogens is 318 g/mol. The van der Waals surface area contributed by atoms with Gasteiger partial charge in [-0.2, -0.15) is 0 Å². The van der Waals surface area contributed by atoms with Crippen LogP contribution in [0.1, 0.15) is 38.7 Å². The highest BCUT2D eigenvalue weighted by Gasteiger charge is 2.42. The lowest BCUT2D eigenvalue weighted by atomic mass is 10.00. The van der Waals surface area contributed by atoms with E-state index in [1.54, 1.807) is 4.90 Å². The maximum Gasteiger partial charge on any atom is 0.223 e. The molecule has 1 fully saturated rings. The predicted octanol–water partition coefficient (Wildman–Crippen LogP) is 3.35. The number of amides is 1. The molecule has 0 spiro atoms. The first-order valence-corrected chi connectivity index (χ1v) is 7.79. The number of likely N-dealkylation sites (tertiary alicyclic amines) is 1. The first-order chi connectivity index (χ1) is 9.41. The number of aryl methyl sites for hydroxylation is 1. The van der Waals surface area contributed by atoms with Gasteiger partial charge in [0.2, 0.25) is 5.91 Å². The van der Waals surface area contributed by atoms with Crippen LogP contribution in [0.3, 0.4) is 0 Å². The van der Waals surface area contributed by atoms with E-state index >= 15 is 0 Å². The SMILES string of the molecule is CC1(C)C(=O)CCN1C(=O)CCCc1ccc(Br)cc1. The van der Waals surface area contributed by atoms with Crippen molar-refractivity contribution in [3.8, 4) is 0 Å². The van der Waals surface area contributed by atoms with Gasteiger partial charge in [-0.25, -0.2) is 0 Å². The van der Waals surface area contributed by atoms with E-state index in [0.29, 0.717) is 19.4 Å². The highest BCUT2D eigenvalue weighted by atomic mass is 79.9. The fraction of sp³-hybridized carbons (Fsp3) is 0.500. The van der Waals surface area contributed by atoms with Gasteiger partial charge >= 0.3 is 0 Å². The summed E-state index contributed by atoms with van der Waals surface area (Å²) in [5.74, 6) is 0.261. The molecule has 0 atom stereocenters. The first kappa shape index (κ1) is 15.2. The number of benzene rings is 1. The second kappa shape index (κ2) is 6.08. The Balaban J connectivity index is 1.84. The molecule has 20 heavy (non-hydrogen) atoms. The Hall–Kier alpha value is -1.16. The van der Waals surface area contributed by atoms with E-state index in [4.69, 9.17) is 0 Å². The summed E-state index contributed by atoms with van der Waals surface area (Å²) in [5.41, 5.74) is 0.618. The molecule has 108 valence electrons. The number of halogens is 1. The number of ketones is 1. The van der Waals surface area contributed by atoms with E-state index in [2.05, 4.69) is 28.1 Å². The summed E-state index contributed by atoms with van der Waals surface area (Å²) in [5, 5.41) is 0. The summed E-state index contributed by atoms with van der Waals surface area (Å²) in [6, 6.07) is 8.16. The molecule has 3 nitrogen and oxygen atoms in total. The van der Waals surface area contributed by atoms with Gasteiger partial charge in [-0.3, -0.25) is 9.59 Å². The molecule has 1 amide bonds. The van der Waals surface area contributed by atoms with Crippen LogP contribution >= 0.6 is 15.9 Å². The Morgan fingerprint density at radius 1 is 1.30 bits per heavy atom. The Kier molecular flexibility index (Phi) is 4.63. The fourth-order valence-corrected chi connectivity index (χ4v) is 2.88. The summed E-state index contributed by atoms with van der Waals surface area (Å²) in [6.07, 6.45) is 2.71. The predicted molar refractivity (Wildman–Crippen MR) is 82.5 cm³/mol. The summed E-state index contributed by atoms with van der Waals surface area (Å²) in [4.78, 5) is 25.7. The van der Waals surface area contributed by atoms with Gasteiger partial charge < -0.3 is 4.90 Å². The highest BCUT2D eigenvalue weighted by molar-refractivity contribution is 9.10. The normalized spacial score (nSPS) is 17.6. The van der Waals surface area contributed by atoms with Crippen molar-refractivity contribution in [2.24, 2.45) is 0 Å². The molecule has 0 radical (unpaired) electrons. The monoisotopic (exact) mass is 337 g/mol. The van der Waals surface area contributed by atoms with Crippen LogP contribution < -0.4 is 0 Å². The van der Waals surface area contributed by atoms with Crippen molar-refractivity contribution in [2.75, 3.05) is 6.54 Å². The molecule has 0 unspecified atom stereocenters. The van der Waals surface area contributed by atoms with Crippen LogP contribution in [0, 0.1) is 0 Å². The topological polar surface area (TPSA) is 37.4 Å². The molecule has 0 saturated carbocycles. The van der Waals surface area contributed by atoms with Crippen LogP contribution in [0.2, 0.25) is 0 Å². The molecule has 0 aromatic heterocycles. The number of Topliss-reactive ketones (excluding diaryl/α,β-unsaturated/α-hetero) is 1. The number of nitrogens with zero attached hydrogens (tertiary/aromatic N) is 1. The van der Waals surface area contributed by atoms with Gasteiger partial charge in [0.1, 0.15) is 0 Å². The van der Waals surface area contributed by atoms with Crippen molar-refractivity contribution >= 4 is 27.6 Å². The summed E-state index contributed by atoms with van der Waals surface area (Å²) < 4.78 is 1.06. The molecule has 1 aliphatic heterocycles. The summed E-state index contributed by atoms with van der Waals surface area (Å²) >= 11 is 3.41. The Morgan fingerprint density at radius 2 is 1.95 bits per heavy atom. The van der Waals surface area contributed by atoms with Crippen LogP contribution in [0.15, 0.2) is 28.7 Å². The van der Waals surface area contributed by atoms with Crippen LogP contribution in [-0.2, 0) is 16.0 Å². The quantitative estimate of drug-likeness (QED) is 0.844. The number of carbonyl (C=O) groups excluding carboxylic acids is 2. The zero-order chi connectivity index (χ0) is 14.8. The minimum Gasteiger partial charge on any atom is -0.330 e. The van der Waals surface area contributed by atoms with E-state index in [1.807, 2.05) is 26.0 Å². The van der Waals surface area contributed by atoms with Gasteiger partial charge in [0, 0.05) is 23.9 Å². The number of carbonyl (C=O) groups is 2. The second-order valence-electron chi connectivity index (χ2n) is 5.76. The standard InChI is InChI=1S/C16H20BrNO2/c1-16(2)14(19)10-11-18(16)15(20)5-3-4-12-6-8-13(17)9-7-12/h6-9H,3-5,10-11H2,1-2H3. The molecule has 1 aromatic carbocycles. The van der Waals surface area contributed by atoms with E-state index in [0.717, 1.165) is 17.3 Å². The Bertz CT molecular complexity index is 508. The van der Waals surface area contributed by atoms with Crippen LogP contribution in [0.4, 0.5) is 0 Å². The third kappa shape index (κ3) is 3.29. The van der Waals surface area contributed by atoms with Crippen LogP contribution in [0.5, 0.6) is 0 Å². The molecule has 1 aliphatic rings. The fourth-order valence-electron chi connectivity index (χ4n) is 2.62. The Morgan fingerprint density at radius 3 is 2.50 bits per heavy atom. The summed E-state index contributed by atoms with van der Waals surface area (Å²) in [7, 11) is 0. The van der Waals surface area contributed by atoms with Crippen molar-refractivity contribution in [2.45, 2.75) is 45.1 Å². The minimum atomic E-state index is -0.616. The third-order valence-corrected chi connectivity index (χ3v) is 4.52. The molecule has 1 heterocycles. The van der Waals surface area contributed by atoms with Crippen molar-refractivity contribution in [1.29, 1.82) is 0 Å². The largest absolute Gasteiger partial charge is 0.330 e. The molecular formula is C16H20BrNO2. The van der Waals surface area contributed by atoms with E-state index in [9.17, 15) is 9.59 Å². The van der Waals surface area contributed by atoms with E-state index in [-0.39, 0.29) is 11.7 Å². The van der Waals surface area contributed by atoms with Crippen LogP contribution in [0.25, 0.3) is 0 Å². The van der Waals surface area contributed by atoms with Crippen molar-refractivity contribution in [3.05, 3.63) is 34.3 Å². The van der Waals surface area contributed by atoms with Gasteiger partial charge in [0.05, 0.1) is 5.54 Å². The van der Waals surface area contributed by atoms with Gasteiger partial charge in [-0.05, 0) is 44.4 Å². The smallest absolute Gasteiger partial charge is 0.223 e. The average molecular weight is 338 g/mol. The lowest BCUT2D eigenvalue weighted by Gasteiger charge is -2.30. The molecule has 0 aliphatic carbocycles. The molecule has 1 aromatic rings. The zero-order valence-electron chi connectivity index (χ0n) is 12.0. The number of rotatable bonds is 4. The second-order valence-corrected chi connectivity index (χ2v) is 6.67. The minimum absolute atomic E-state index is 0.0953. The van der Waals surface area contributed by atoms with Crippen LogP contribution in [-0.4, -0.2) is 28.7 Å². The highest BCUT2D eigenvalue weighted by Crippen LogP contribution is 2.26.